The van der Waals surface area contributed by atoms with E-state index in [9.17, 15) is 23.5 Å². The molecule has 2 fully saturated rings. The molecular weight excluding hydrogens is 360 g/mol. The molecule has 2 heterocycles. The van der Waals surface area contributed by atoms with Crippen molar-refractivity contribution in [1.82, 2.24) is 14.7 Å². The monoisotopic (exact) mass is 383 g/mol. The van der Waals surface area contributed by atoms with Crippen LogP contribution in [0.4, 0.5) is 13.6 Å². The third kappa shape index (κ3) is 3.83. The lowest BCUT2D eigenvalue weighted by Crippen LogP contribution is -2.44. The second-order valence-corrected chi connectivity index (χ2v) is 7.41. The number of carboxylic acid groups (broad SMARTS) is 1. The Bertz CT molecular complexity index is 730. The fourth-order valence-corrected chi connectivity index (χ4v) is 4.10. The Morgan fingerprint density at radius 2 is 2.07 bits per heavy atom. The number of aliphatic carboxylic acids is 1. The van der Waals surface area contributed by atoms with Gasteiger partial charge in [-0.25, -0.2) is 4.79 Å². The minimum absolute atomic E-state index is 0.0811. The van der Waals surface area contributed by atoms with Gasteiger partial charge in [-0.15, -0.1) is 0 Å². The first-order valence-corrected chi connectivity index (χ1v) is 8.67. The number of alkyl halides is 2. The Morgan fingerprint density at radius 1 is 1.33 bits per heavy atom. The van der Waals surface area contributed by atoms with Crippen molar-refractivity contribution in [2.45, 2.75) is 13.2 Å². The second kappa shape index (κ2) is 7.30. The van der Waals surface area contributed by atoms with Gasteiger partial charge in [0.1, 0.15) is 11.2 Å². The Labute approximate surface area is 156 Å². The smallest absolute Gasteiger partial charge is 0.387 e. The molecule has 3 rings (SSSR count). The average Bonchev–Trinajstić information content (AvgIpc) is 3.08. The van der Waals surface area contributed by atoms with Crippen LogP contribution in [0.5, 0.6) is 5.75 Å². The Morgan fingerprint density at radius 3 is 2.67 bits per heavy atom. The lowest BCUT2D eigenvalue weighted by Gasteiger charge is -2.27. The van der Waals surface area contributed by atoms with Crippen LogP contribution in [0.15, 0.2) is 24.3 Å². The summed E-state index contributed by atoms with van der Waals surface area (Å²) in [6.07, 6.45) is 0. The van der Waals surface area contributed by atoms with Crippen LogP contribution in [0.1, 0.15) is 5.56 Å². The van der Waals surface area contributed by atoms with E-state index < -0.39 is 18.0 Å². The highest BCUT2D eigenvalue weighted by Gasteiger charge is 2.58. The predicted molar refractivity (Wildman–Crippen MR) is 92.6 cm³/mol. The van der Waals surface area contributed by atoms with Gasteiger partial charge in [0.15, 0.2) is 0 Å². The molecule has 0 saturated carbocycles. The van der Waals surface area contributed by atoms with Gasteiger partial charge in [0.25, 0.3) is 0 Å². The van der Waals surface area contributed by atoms with Crippen LogP contribution in [-0.4, -0.2) is 78.7 Å². The zero-order valence-electron chi connectivity index (χ0n) is 15.3. The molecule has 0 radical (unpaired) electrons. The molecule has 2 aliphatic rings. The van der Waals surface area contributed by atoms with E-state index in [-0.39, 0.29) is 24.2 Å². The van der Waals surface area contributed by atoms with E-state index in [1.165, 1.54) is 17.0 Å². The van der Waals surface area contributed by atoms with E-state index in [2.05, 4.69) is 4.74 Å². The zero-order chi connectivity index (χ0) is 19.8. The van der Waals surface area contributed by atoms with Gasteiger partial charge in [-0.3, -0.25) is 9.69 Å². The van der Waals surface area contributed by atoms with Crippen molar-refractivity contribution in [1.29, 1.82) is 0 Å². The third-order valence-electron chi connectivity index (χ3n) is 5.29. The number of benzene rings is 1. The van der Waals surface area contributed by atoms with Crippen LogP contribution in [0.3, 0.4) is 0 Å². The fraction of sp³-hybridized carbons (Fsp3) is 0.556. The van der Waals surface area contributed by atoms with Crippen molar-refractivity contribution >= 4 is 12.0 Å². The number of hydrogen-bond acceptors (Lipinski definition) is 4. The minimum Gasteiger partial charge on any atom is -0.481 e. The number of likely N-dealkylation sites (tertiary alicyclic amines) is 2. The maximum Gasteiger partial charge on any atom is 0.387 e. The first-order chi connectivity index (χ1) is 12.7. The molecule has 2 amide bonds. The molecule has 1 aromatic rings. The van der Waals surface area contributed by atoms with Crippen LogP contribution in [-0.2, 0) is 11.3 Å². The van der Waals surface area contributed by atoms with Crippen LogP contribution in [0.2, 0.25) is 0 Å². The van der Waals surface area contributed by atoms with Gasteiger partial charge in [-0.05, 0) is 17.7 Å². The number of rotatable bonds is 5. The molecule has 9 heteroatoms. The lowest BCUT2D eigenvalue weighted by molar-refractivity contribution is -0.148. The molecule has 0 bridgehead atoms. The van der Waals surface area contributed by atoms with Gasteiger partial charge in [0.05, 0.1) is 0 Å². The molecule has 0 aliphatic carbocycles. The van der Waals surface area contributed by atoms with E-state index in [1.807, 2.05) is 4.90 Å². The molecular formula is C18H23F2N3O4. The molecule has 0 unspecified atom stereocenters. The van der Waals surface area contributed by atoms with Crippen molar-refractivity contribution < 1.29 is 28.2 Å². The molecule has 2 aliphatic heterocycles. The molecule has 1 N–H and O–H groups in total. The van der Waals surface area contributed by atoms with Crippen molar-refractivity contribution in [3.05, 3.63) is 29.8 Å². The first kappa shape index (κ1) is 19.3. The molecule has 7 nitrogen and oxygen atoms in total. The van der Waals surface area contributed by atoms with Crippen molar-refractivity contribution in [3.8, 4) is 5.75 Å². The molecule has 0 spiro atoms. The van der Waals surface area contributed by atoms with Crippen molar-refractivity contribution in [2.75, 3.05) is 40.3 Å². The number of amides is 2. The highest BCUT2D eigenvalue weighted by molar-refractivity contribution is 5.80. The standard InChI is InChI=1S/C18H23F2N3O4/c1-21(2)17(26)23-9-13-8-22(10-18(13,11-23)15(24)25)7-12-4-3-5-14(6-12)27-16(19)20/h3-6,13,16H,7-11H2,1-2H3,(H,24,25)/t13-,18-/m0/s1. The largest absolute Gasteiger partial charge is 0.481 e. The molecule has 2 atom stereocenters. The molecule has 148 valence electrons. The summed E-state index contributed by atoms with van der Waals surface area (Å²) in [7, 11) is 3.29. The maximum atomic E-state index is 12.4. The fourth-order valence-electron chi connectivity index (χ4n) is 4.10. The highest BCUT2D eigenvalue weighted by Crippen LogP contribution is 2.43. The molecule has 2 saturated heterocycles. The normalized spacial score (nSPS) is 24.9. The van der Waals surface area contributed by atoms with Gasteiger partial charge in [0, 0.05) is 52.7 Å². The second-order valence-electron chi connectivity index (χ2n) is 7.41. The lowest BCUT2D eigenvalue weighted by atomic mass is 9.81. The number of nitrogens with zero attached hydrogens (tertiary/aromatic N) is 3. The molecule has 1 aromatic carbocycles. The van der Waals surface area contributed by atoms with Gasteiger partial charge >= 0.3 is 18.6 Å². The Hall–Kier alpha value is -2.42. The number of carboxylic acids is 1. The van der Waals surface area contributed by atoms with Crippen LogP contribution >= 0.6 is 0 Å². The summed E-state index contributed by atoms with van der Waals surface area (Å²) in [5.74, 6) is -0.990. The summed E-state index contributed by atoms with van der Waals surface area (Å²) in [5.41, 5.74) is -0.224. The maximum absolute atomic E-state index is 12.4. The third-order valence-corrected chi connectivity index (χ3v) is 5.29. The summed E-state index contributed by atoms with van der Waals surface area (Å²) in [4.78, 5) is 29.3. The first-order valence-electron chi connectivity index (χ1n) is 8.67. The summed E-state index contributed by atoms with van der Waals surface area (Å²) in [6, 6.07) is 6.23. The van der Waals surface area contributed by atoms with Gasteiger partial charge in [-0.2, -0.15) is 8.78 Å². The SMILES string of the molecule is CN(C)C(=O)N1C[C@@H]2CN(Cc3cccc(OC(F)F)c3)C[C@]2(C(=O)O)C1. The summed E-state index contributed by atoms with van der Waals surface area (Å²) in [5, 5.41) is 9.86. The van der Waals surface area contributed by atoms with Crippen LogP contribution < -0.4 is 4.74 Å². The van der Waals surface area contributed by atoms with Crippen molar-refractivity contribution in [2.24, 2.45) is 11.3 Å². The van der Waals surface area contributed by atoms with E-state index in [0.717, 1.165) is 5.56 Å². The average molecular weight is 383 g/mol. The molecule has 0 aromatic heterocycles. The zero-order valence-corrected chi connectivity index (χ0v) is 15.3. The summed E-state index contributed by atoms with van der Waals surface area (Å²) < 4.78 is 29.2. The highest BCUT2D eigenvalue weighted by atomic mass is 19.3. The topological polar surface area (TPSA) is 73.3 Å². The van der Waals surface area contributed by atoms with E-state index in [1.54, 1.807) is 31.1 Å². The Balaban J connectivity index is 1.70. The minimum atomic E-state index is -2.89. The quantitative estimate of drug-likeness (QED) is 0.839. The van der Waals surface area contributed by atoms with Crippen LogP contribution in [0, 0.1) is 11.3 Å². The van der Waals surface area contributed by atoms with E-state index >= 15 is 0 Å². The number of carbonyl (C=O) groups is 2. The number of urea groups is 1. The van der Waals surface area contributed by atoms with E-state index in [0.29, 0.717) is 26.2 Å². The predicted octanol–water partition coefficient (Wildman–Crippen LogP) is 1.79. The van der Waals surface area contributed by atoms with E-state index in [4.69, 9.17) is 0 Å². The summed E-state index contributed by atoms with van der Waals surface area (Å²) in [6.45, 7) is -1.04. The Kier molecular flexibility index (Phi) is 5.23. The number of fused-ring (bicyclic) bond motifs is 1. The van der Waals surface area contributed by atoms with Gasteiger partial charge in [0.2, 0.25) is 0 Å². The number of halogens is 2. The van der Waals surface area contributed by atoms with Gasteiger partial charge in [-0.1, -0.05) is 12.1 Å². The number of hydrogen-bond donors (Lipinski definition) is 1. The molecule has 27 heavy (non-hydrogen) atoms. The summed E-state index contributed by atoms with van der Waals surface area (Å²) >= 11 is 0. The van der Waals surface area contributed by atoms with Gasteiger partial charge < -0.3 is 19.6 Å². The van der Waals surface area contributed by atoms with Crippen LogP contribution in [0.25, 0.3) is 0 Å². The number of carbonyl (C=O) groups excluding carboxylic acids is 1. The van der Waals surface area contributed by atoms with Crippen molar-refractivity contribution in [3.63, 3.8) is 0 Å². The number of ether oxygens (including phenoxy) is 1.